The first-order valence-corrected chi connectivity index (χ1v) is 15.4. The van der Waals surface area contributed by atoms with Crippen molar-refractivity contribution in [2.75, 3.05) is 0 Å². The van der Waals surface area contributed by atoms with Gasteiger partial charge in [0.25, 0.3) is 0 Å². The smallest absolute Gasteiger partial charge is 0.155 e. The van der Waals surface area contributed by atoms with Crippen LogP contribution in [0.4, 0.5) is 0 Å². The van der Waals surface area contributed by atoms with E-state index in [9.17, 15) is 4.79 Å². The zero-order valence-electron chi connectivity index (χ0n) is 24.7. The Kier molecular flexibility index (Phi) is 19.3. The number of unbranched alkanes of at least 4 members (excludes halogenated alkanes) is 13. The van der Waals surface area contributed by atoms with E-state index < -0.39 is 0 Å². The monoisotopic (exact) mass is 494 g/mol. The van der Waals surface area contributed by atoms with Crippen molar-refractivity contribution < 1.29 is 4.79 Å². The van der Waals surface area contributed by atoms with Crippen LogP contribution in [0.1, 0.15) is 150 Å². The van der Waals surface area contributed by atoms with Crippen LogP contribution in [0, 0.1) is 5.92 Å². The molecule has 1 aliphatic rings. The minimum atomic E-state index is 0.269. The molecule has 1 heteroatoms. The van der Waals surface area contributed by atoms with E-state index in [1.54, 1.807) is 5.57 Å². The second-order valence-electron chi connectivity index (χ2n) is 11.3. The van der Waals surface area contributed by atoms with Crippen LogP contribution >= 0.6 is 0 Å². The largest absolute Gasteiger partial charge is 0.295 e. The van der Waals surface area contributed by atoms with Gasteiger partial charge in [0.05, 0.1) is 0 Å². The summed E-state index contributed by atoms with van der Waals surface area (Å²) in [6, 6.07) is 0. The zero-order valence-corrected chi connectivity index (χ0v) is 24.7. The van der Waals surface area contributed by atoms with Crippen LogP contribution in [0.2, 0.25) is 0 Å². The minimum absolute atomic E-state index is 0.269. The SMILES string of the molecule is CCCCCCCCCCCCCCCCC(=O)/C=C(C)/C=C/C=C(C)/C=C/C1=C(C)CCCC1C. The molecule has 1 nitrogen and oxygen atoms in total. The van der Waals surface area contributed by atoms with Crippen LogP contribution in [0.5, 0.6) is 0 Å². The highest BCUT2D eigenvalue weighted by Gasteiger charge is 2.14. The van der Waals surface area contributed by atoms with Crippen LogP contribution < -0.4 is 0 Å². The number of rotatable bonds is 20. The molecule has 204 valence electrons. The van der Waals surface area contributed by atoms with Gasteiger partial charge in [-0.2, -0.15) is 0 Å². The molecule has 1 aliphatic carbocycles. The predicted octanol–water partition coefficient (Wildman–Crippen LogP) is 11.6. The van der Waals surface area contributed by atoms with Crippen molar-refractivity contribution >= 4 is 5.78 Å². The lowest BCUT2D eigenvalue weighted by Gasteiger charge is -2.22. The molecule has 0 spiro atoms. The fourth-order valence-corrected chi connectivity index (χ4v) is 5.20. The quantitative estimate of drug-likeness (QED) is 0.0934. The molecule has 0 saturated heterocycles. The summed E-state index contributed by atoms with van der Waals surface area (Å²) in [7, 11) is 0. The third kappa shape index (κ3) is 16.9. The third-order valence-electron chi connectivity index (χ3n) is 7.62. The fraction of sp³-hybridized carbons (Fsp3) is 0.686. The van der Waals surface area contributed by atoms with E-state index in [2.05, 4.69) is 52.0 Å². The van der Waals surface area contributed by atoms with E-state index >= 15 is 0 Å². The Morgan fingerprint density at radius 3 is 1.92 bits per heavy atom. The standard InChI is InChI=1S/C35H58O/c1-6-7-8-9-10-11-12-13-14-15-16-17-18-19-26-34(36)29-31(3)23-20-22-30(2)27-28-35-32(4)24-21-25-33(35)5/h20,22-23,27-29,32H,6-19,21,24-26H2,1-5H3/b23-20+,28-27+,30-22+,31-29+. The molecular formula is C35H58O. The first kappa shape index (κ1) is 32.4. The van der Waals surface area contributed by atoms with E-state index in [4.69, 9.17) is 0 Å². The first-order chi connectivity index (χ1) is 17.4. The summed E-state index contributed by atoms with van der Waals surface area (Å²) in [5, 5.41) is 0. The molecular weight excluding hydrogens is 436 g/mol. The van der Waals surface area contributed by atoms with Crippen molar-refractivity contribution in [3.8, 4) is 0 Å². The zero-order chi connectivity index (χ0) is 26.4. The predicted molar refractivity (Wildman–Crippen MR) is 161 cm³/mol. The van der Waals surface area contributed by atoms with Gasteiger partial charge in [0.2, 0.25) is 0 Å². The summed E-state index contributed by atoms with van der Waals surface area (Å²) in [6.07, 6.45) is 36.0. The lowest BCUT2D eigenvalue weighted by atomic mass is 9.84. The van der Waals surface area contributed by atoms with Crippen molar-refractivity contribution in [3.63, 3.8) is 0 Å². The molecule has 0 aromatic carbocycles. The third-order valence-corrected chi connectivity index (χ3v) is 7.62. The molecule has 36 heavy (non-hydrogen) atoms. The summed E-state index contributed by atoms with van der Waals surface area (Å²) in [6.45, 7) is 11.1. The molecule has 0 aromatic heterocycles. The molecule has 0 aromatic rings. The van der Waals surface area contributed by atoms with Crippen LogP contribution in [-0.2, 0) is 4.79 Å². The van der Waals surface area contributed by atoms with Gasteiger partial charge in [-0.05, 0) is 69.6 Å². The molecule has 1 atom stereocenters. The van der Waals surface area contributed by atoms with Crippen molar-refractivity contribution in [3.05, 3.63) is 58.7 Å². The van der Waals surface area contributed by atoms with Crippen LogP contribution in [0.3, 0.4) is 0 Å². The first-order valence-electron chi connectivity index (χ1n) is 15.4. The molecule has 0 N–H and O–H groups in total. The lowest BCUT2D eigenvalue weighted by molar-refractivity contribution is -0.114. The minimum Gasteiger partial charge on any atom is -0.295 e. The molecule has 0 bridgehead atoms. The van der Waals surface area contributed by atoms with Crippen molar-refractivity contribution in [2.45, 2.75) is 150 Å². The summed E-state index contributed by atoms with van der Waals surface area (Å²) >= 11 is 0. The molecule has 1 unspecified atom stereocenters. The molecule has 0 fully saturated rings. The van der Waals surface area contributed by atoms with Gasteiger partial charge in [-0.3, -0.25) is 4.79 Å². The van der Waals surface area contributed by atoms with Crippen molar-refractivity contribution in [2.24, 2.45) is 5.92 Å². The van der Waals surface area contributed by atoms with Crippen molar-refractivity contribution in [1.82, 2.24) is 0 Å². The maximum Gasteiger partial charge on any atom is 0.155 e. The van der Waals surface area contributed by atoms with Gasteiger partial charge in [0.15, 0.2) is 5.78 Å². The Hall–Kier alpha value is -1.63. The van der Waals surface area contributed by atoms with Gasteiger partial charge in [-0.15, -0.1) is 0 Å². The number of allylic oxidation sites excluding steroid dienone is 10. The Bertz CT molecular complexity index is 743. The summed E-state index contributed by atoms with van der Waals surface area (Å²) < 4.78 is 0. The summed E-state index contributed by atoms with van der Waals surface area (Å²) in [5.41, 5.74) is 5.34. The highest BCUT2D eigenvalue weighted by Crippen LogP contribution is 2.30. The molecule has 0 heterocycles. The molecule has 0 radical (unpaired) electrons. The fourth-order valence-electron chi connectivity index (χ4n) is 5.20. The molecule has 0 amide bonds. The Balaban J connectivity index is 2.12. The van der Waals surface area contributed by atoms with Gasteiger partial charge < -0.3 is 0 Å². The topological polar surface area (TPSA) is 17.1 Å². The molecule has 0 aliphatic heterocycles. The van der Waals surface area contributed by atoms with Gasteiger partial charge in [-0.25, -0.2) is 0 Å². The highest BCUT2D eigenvalue weighted by atomic mass is 16.1. The van der Waals surface area contributed by atoms with Gasteiger partial charge in [0.1, 0.15) is 0 Å². The van der Waals surface area contributed by atoms with Crippen molar-refractivity contribution in [1.29, 1.82) is 0 Å². The number of hydrogen-bond acceptors (Lipinski definition) is 1. The highest BCUT2D eigenvalue weighted by molar-refractivity contribution is 5.90. The summed E-state index contributed by atoms with van der Waals surface area (Å²) in [4.78, 5) is 12.3. The van der Waals surface area contributed by atoms with Gasteiger partial charge in [-0.1, -0.05) is 139 Å². The van der Waals surface area contributed by atoms with E-state index in [1.807, 2.05) is 19.1 Å². The number of carbonyl (C=O) groups excluding carboxylic acids is 1. The number of hydrogen-bond donors (Lipinski definition) is 0. The average Bonchev–Trinajstić information content (AvgIpc) is 2.84. The lowest BCUT2D eigenvalue weighted by Crippen LogP contribution is -2.06. The maximum absolute atomic E-state index is 12.3. The van der Waals surface area contributed by atoms with Gasteiger partial charge in [0, 0.05) is 6.42 Å². The van der Waals surface area contributed by atoms with Crippen LogP contribution in [-0.4, -0.2) is 5.78 Å². The van der Waals surface area contributed by atoms with E-state index in [0.29, 0.717) is 12.3 Å². The normalized spacial score (nSPS) is 17.6. The van der Waals surface area contributed by atoms with E-state index in [-0.39, 0.29) is 5.78 Å². The van der Waals surface area contributed by atoms with Crippen LogP contribution in [0.25, 0.3) is 0 Å². The Labute approximate surface area is 225 Å². The molecule has 0 saturated carbocycles. The number of carbonyl (C=O) groups is 1. The summed E-state index contributed by atoms with van der Waals surface area (Å²) in [5.74, 6) is 0.944. The second-order valence-corrected chi connectivity index (χ2v) is 11.3. The second kappa shape index (κ2) is 21.5. The number of ketones is 1. The van der Waals surface area contributed by atoms with Crippen LogP contribution in [0.15, 0.2) is 58.7 Å². The molecule has 1 rings (SSSR count). The Morgan fingerprint density at radius 2 is 1.36 bits per heavy atom. The maximum atomic E-state index is 12.3. The van der Waals surface area contributed by atoms with E-state index in [0.717, 1.165) is 12.0 Å². The van der Waals surface area contributed by atoms with Gasteiger partial charge >= 0.3 is 0 Å². The van der Waals surface area contributed by atoms with E-state index in [1.165, 1.54) is 114 Å². The average molecular weight is 495 g/mol. The Morgan fingerprint density at radius 1 is 0.806 bits per heavy atom.